The minimum atomic E-state index is -0.643. The predicted molar refractivity (Wildman–Crippen MR) is 96.2 cm³/mol. The molecule has 0 fully saturated rings. The van der Waals surface area contributed by atoms with Gasteiger partial charge in [0.05, 0.1) is 0 Å². The van der Waals surface area contributed by atoms with Crippen LogP contribution in [0.5, 0.6) is 0 Å². The molecule has 0 aliphatic carbocycles. The van der Waals surface area contributed by atoms with Gasteiger partial charge in [0.25, 0.3) is 5.91 Å². The van der Waals surface area contributed by atoms with E-state index >= 15 is 0 Å². The number of rotatable bonds is 6. The first-order chi connectivity index (χ1) is 11.9. The molecule has 0 radical (unpaired) electrons. The van der Waals surface area contributed by atoms with E-state index in [1.54, 1.807) is 24.4 Å². The van der Waals surface area contributed by atoms with Crippen molar-refractivity contribution in [3.8, 4) is 0 Å². The van der Waals surface area contributed by atoms with E-state index < -0.39 is 6.04 Å². The van der Waals surface area contributed by atoms with Crippen LogP contribution in [0.4, 0.5) is 0 Å². The van der Waals surface area contributed by atoms with E-state index in [0.29, 0.717) is 5.56 Å². The number of nitrogens with one attached hydrogen (secondary N) is 3. The molecule has 2 amide bonds. The van der Waals surface area contributed by atoms with Gasteiger partial charge in [-0.1, -0.05) is 37.6 Å². The van der Waals surface area contributed by atoms with Gasteiger partial charge in [0.2, 0.25) is 11.5 Å². The Morgan fingerprint density at radius 2 is 1.92 bits per heavy atom. The number of carbonyl (C=O) groups is 2. The molecular weight excluding hydrogens is 318 g/mol. The lowest BCUT2D eigenvalue weighted by molar-refractivity contribution is -0.124. The molecular formula is C19H23N3O3. The van der Waals surface area contributed by atoms with Gasteiger partial charge in [-0.2, -0.15) is 0 Å². The van der Waals surface area contributed by atoms with Gasteiger partial charge in [-0.25, -0.2) is 0 Å². The third-order valence-corrected chi connectivity index (χ3v) is 3.83. The molecule has 25 heavy (non-hydrogen) atoms. The predicted octanol–water partition coefficient (Wildman–Crippen LogP) is 1.75. The topological polar surface area (TPSA) is 91.1 Å². The molecule has 6 heteroatoms. The first-order valence-corrected chi connectivity index (χ1v) is 8.19. The molecule has 0 aliphatic rings. The smallest absolute Gasteiger partial charge is 0.251 e. The van der Waals surface area contributed by atoms with Crippen molar-refractivity contribution in [1.82, 2.24) is 15.6 Å². The summed E-state index contributed by atoms with van der Waals surface area (Å²) in [7, 11) is 0. The second-order valence-electron chi connectivity index (χ2n) is 6.34. The number of aromatic amines is 1. The van der Waals surface area contributed by atoms with Crippen LogP contribution in [0.2, 0.25) is 0 Å². The maximum Gasteiger partial charge on any atom is 0.251 e. The molecule has 0 saturated heterocycles. The van der Waals surface area contributed by atoms with Crippen molar-refractivity contribution in [3.05, 3.63) is 69.6 Å². The fourth-order valence-electron chi connectivity index (χ4n) is 2.40. The Morgan fingerprint density at radius 3 is 2.52 bits per heavy atom. The lowest BCUT2D eigenvalue weighted by Gasteiger charge is -2.22. The summed E-state index contributed by atoms with van der Waals surface area (Å²) < 4.78 is 0. The van der Waals surface area contributed by atoms with Crippen LogP contribution >= 0.6 is 0 Å². The van der Waals surface area contributed by atoms with Crippen molar-refractivity contribution >= 4 is 11.8 Å². The third-order valence-electron chi connectivity index (χ3n) is 3.83. The van der Waals surface area contributed by atoms with Crippen molar-refractivity contribution in [3.63, 3.8) is 0 Å². The summed E-state index contributed by atoms with van der Waals surface area (Å²) in [6.07, 6.45) is 1.55. The molecule has 1 aromatic heterocycles. The summed E-state index contributed by atoms with van der Waals surface area (Å²) in [6.45, 7) is 5.94. The molecule has 6 nitrogen and oxygen atoms in total. The molecule has 3 N–H and O–H groups in total. The molecule has 0 unspecified atom stereocenters. The molecule has 2 rings (SSSR count). The highest BCUT2D eigenvalue weighted by Gasteiger charge is 2.24. The van der Waals surface area contributed by atoms with Crippen molar-refractivity contribution in [1.29, 1.82) is 0 Å². The van der Waals surface area contributed by atoms with Crippen molar-refractivity contribution in [2.75, 3.05) is 0 Å². The maximum atomic E-state index is 12.5. The Labute approximate surface area is 146 Å². The molecule has 1 aromatic carbocycles. The Hall–Kier alpha value is -2.89. The van der Waals surface area contributed by atoms with E-state index in [-0.39, 0.29) is 29.8 Å². The summed E-state index contributed by atoms with van der Waals surface area (Å²) in [4.78, 5) is 38.5. The van der Waals surface area contributed by atoms with E-state index in [1.807, 2.05) is 32.9 Å². The van der Waals surface area contributed by atoms with E-state index in [1.165, 1.54) is 6.07 Å². The van der Waals surface area contributed by atoms with Gasteiger partial charge in [0, 0.05) is 24.4 Å². The van der Waals surface area contributed by atoms with Crippen LogP contribution in [-0.4, -0.2) is 22.8 Å². The molecule has 0 aliphatic heterocycles. The van der Waals surface area contributed by atoms with E-state index in [9.17, 15) is 14.4 Å². The molecule has 0 saturated carbocycles. The molecule has 1 heterocycles. The first-order valence-electron chi connectivity index (χ1n) is 8.19. The highest BCUT2D eigenvalue weighted by Crippen LogP contribution is 2.07. The molecule has 1 atom stereocenters. The number of hydrogen-bond donors (Lipinski definition) is 3. The van der Waals surface area contributed by atoms with Crippen LogP contribution in [0.15, 0.2) is 47.4 Å². The average Bonchev–Trinajstić information content (AvgIpc) is 2.58. The molecule has 132 valence electrons. The summed E-state index contributed by atoms with van der Waals surface area (Å²) in [5, 5.41) is 5.59. The maximum absolute atomic E-state index is 12.5. The number of hydrogen-bond acceptors (Lipinski definition) is 3. The first kappa shape index (κ1) is 18.4. The zero-order valence-electron chi connectivity index (χ0n) is 14.6. The van der Waals surface area contributed by atoms with E-state index in [0.717, 1.165) is 11.1 Å². The van der Waals surface area contributed by atoms with Gasteiger partial charge in [0.15, 0.2) is 0 Å². The molecule has 0 bridgehead atoms. The second kappa shape index (κ2) is 8.28. The van der Waals surface area contributed by atoms with Gasteiger partial charge in [0.1, 0.15) is 6.04 Å². The minimum Gasteiger partial charge on any atom is -0.350 e. The van der Waals surface area contributed by atoms with Crippen molar-refractivity contribution in [2.45, 2.75) is 33.4 Å². The third kappa shape index (κ3) is 5.31. The van der Waals surface area contributed by atoms with Crippen LogP contribution in [0, 0.1) is 12.8 Å². The van der Waals surface area contributed by atoms with Gasteiger partial charge in [-0.3, -0.25) is 14.4 Å². The largest absolute Gasteiger partial charge is 0.350 e. The lowest BCUT2D eigenvalue weighted by Crippen LogP contribution is -2.49. The second-order valence-corrected chi connectivity index (χ2v) is 6.34. The van der Waals surface area contributed by atoms with Crippen molar-refractivity contribution in [2.24, 2.45) is 5.92 Å². The minimum absolute atomic E-state index is 0.0654. The van der Waals surface area contributed by atoms with Crippen LogP contribution in [0.25, 0.3) is 0 Å². The lowest BCUT2D eigenvalue weighted by atomic mass is 10.0. The SMILES string of the molecule is Cc1cccc(C(=O)N[C@@H](C(=O)NCc2ccc(=O)[nH]c2)C(C)C)c1. The zero-order chi connectivity index (χ0) is 18.4. The molecule has 2 aromatic rings. The van der Waals surface area contributed by atoms with Crippen LogP contribution in [0.1, 0.15) is 35.3 Å². The van der Waals surface area contributed by atoms with Crippen LogP contribution in [-0.2, 0) is 11.3 Å². The summed E-state index contributed by atoms with van der Waals surface area (Å²) in [5.74, 6) is -0.604. The fourth-order valence-corrected chi connectivity index (χ4v) is 2.40. The Balaban J connectivity index is 2.01. The summed E-state index contributed by atoms with van der Waals surface area (Å²) >= 11 is 0. The van der Waals surface area contributed by atoms with Gasteiger partial charge in [-0.05, 0) is 30.5 Å². The number of H-pyrrole nitrogens is 1. The van der Waals surface area contributed by atoms with Gasteiger partial charge in [-0.15, -0.1) is 0 Å². The normalized spacial score (nSPS) is 11.8. The molecule has 0 spiro atoms. The quantitative estimate of drug-likeness (QED) is 0.747. The Morgan fingerprint density at radius 1 is 1.16 bits per heavy atom. The average molecular weight is 341 g/mol. The highest BCUT2D eigenvalue weighted by atomic mass is 16.2. The monoisotopic (exact) mass is 341 g/mol. The van der Waals surface area contributed by atoms with Gasteiger partial charge >= 0.3 is 0 Å². The number of benzene rings is 1. The number of pyridine rings is 1. The standard InChI is InChI=1S/C19H23N3O3/c1-12(2)17(22-18(24)15-6-4-5-13(3)9-15)19(25)21-11-14-7-8-16(23)20-10-14/h4-10,12,17H,11H2,1-3H3,(H,20,23)(H,21,25)(H,22,24)/t17-/m1/s1. The summed E-state index contributed by atoms with van der Waals surface area (Å²) in [6, 6.07) is 9.63. The Kier molecular flexibility index (Phi) is 6.11. The number of aryl methyl sites for hydroxylation is 1. The van der Waals surface area contributed by atoms with E-state index in [4.69, 9.17) is 0 Å². The number of carbonyl (C=O) groups excluding carboxylic acids is 2. The summed E-state index contributed by atoms with van der Waals surface area (Å²) in [5.41, 5.74) is 2.09. The number of aromatic nitrogens is 1. The van der Waals surface area contributed by atoms with Crippen molar-refractivity contribution < 1.29 is 9.59 Å². The van der Waals surface area contributed by atoms with Gasteiger partial charge < -0.3 is 15.6 Å². The number of amides is 2. The van der Waals surface area contributed by atoms with E-state index in [2.05, 4.69) is 15.6 Å². The van der Waals surface area contributed by atoms with Crippen LogP contribution < -0.4 is 16.2 Å². The highest BCUT2D eigenvalue weighted by molar-refractivity contribution is 5.97. The zero-order valence-corrected chi connectivity index (χ0v) is 14.6. The fraction of sp³-hybridized carbons (Fsp3) is 0.316. The van der Waals surface area contributed by atoms with Crippen LogP contribution in [0.3, 0.4) is 0 Å². The Bertz CT molecular complexity index is 791.